The second kappa shape index (κ2) is 8.61. The fourth-order valence-corrected chi connectivity index (χ4v) is 3.59. The fraction of sp³-hybridized carbons (Fsp3) is 0.350. The molecule has 0 saturated carbocycles. The maximum absolute atomic E-state index is 14.3. The van der Waals surface area contributed by atoms with Crippen LogP contribution in [0.15, 0.2) is 30.3 Å². The van der Waals surface area contributed by atoms with E-state index < -0.39 is 17.5 Å². The molecule has 1 N–H and O–H groups in total. The Kier molecular flexibility index (Phi) is 5.94. The Bertz CT molecular complexity index is 1020. The van der Waals surface area contributed by atoms with E-state index in [2.05, 4.69) is 15.2 Å². The normalized spacial score (nSPS) is 15.2. The van der Waals surface area contributed by atoms with Gasteiger partial charge in [-0.1, -0.05) is 11.6 Å². The van der Waals surface area contributed by atoms with Crippen molar-refractivity contribution in [1.29, 1.82) is 0 Å². The maximum atomic E-state index is 14.3. The molecule has 1 aromatic heterocycles. The largest absolute Gasteiger partial charge is 0.379 e. The highest BCUT2D eigenvalue weighted by atomic mass is 35.5. The molecule has 0 atom stereocenters. The van der Waals surface area contributed by atoms with Crippen molar-refractivity contribution in [2.75, 3.05) is 44.7 Å². The smallest absolute Gasteiger partial charge is 0.208 e. The fourth-order valence-electron chi connectivity index (χ4n) is 3.42. The van der Waals surface area contributed by atoms with Gasteiger partial charge in [0.05, 0.1) is 29.4 Å². The van der Waals surface area contributed by atoms with Crippen LogP contribution in [0.2, 0.25) is 5.02 Å². The molecular formula is C20H20ClF3N4O. The van der Waals surface area contributed by atoms with Crippen molar-refractivity contribution in [3.05, 3.63) is 52.8 Å². The Morgan fingerprint density at radius 3 is 2.59 bits per heavy atom. The van der Waals surface area contributed by atoms with Crippen LogP contribution in [-0.2, 0) is 4.74 Å². The van der Waals surface area contributed by atoms with Gasteiger partial charge in [0.25, 0.3) is 0 Å². The van der Waals surface area contributed by atoms with Gasteiger partial charge in [0.15, 0.2) is 11.6 Å². The average molecular weight is 425 g/mol. The summed E-state index contributed by atoms with van der Waals surface area (Å²) in [7, 11) is 0. The summed E-state index contributed by atoms with van der Waals surface area (Å²) in [6.45, 7) is 4.74. The van der Waals surface area contributed by atoms with E-state index in [9.17, 15) is 13.2 Å². The molecule has 2 heterocycles. The van der Waals surface area contributed by atoms with Crippen molar-refractivity contribution in [3.63, 3.8) is 0 Å². The molecule has 1 aliphatic rings. The lowest BCUT2D eigenvalue weighted by Crippen LogP contribution is -2.37. The van der Waals surface area contributed by atoms with Gasteiger partial charge in [-0.25, -0.2) is 18.2 Å². The molecule has 4 rings (SSSR count). The highest BCUT2D eigenvalue weighted by Crippen LogP contribution is 2.29. The van der Waals surface area contributed by atoms with E-state index >= 15 is 0 Å². The van der Waals surface area contributed by atoms with Gasteiger partial charge in [0.2, 0.25) is 5.95 Å². The van der Waals surface area contributed by atoms with Crippen LogP contribution in [0, 0.1) is 17.5 Å². The molecule has 29 heavy (non-hydrogen) atoms. The van der Waals surface area contributed by atoms with Crippen LogP contribution in [0.25, 0.3) is 16.7 Å². The minimum absolute atomic E-state index is 0.0646. The number of nitrogens with zero attached hydrogens (tertiary/aromatic N) is 3. The van der Waals surface area contributed by atoms with Crippen LogP contribution in [-0.4, -0.2) is 53.8 Å². The number of imidazole rings is 1. The molecular weight excluding hydrogens is 405 g/mol. The first-order chi connectivity index (χ1) is 14.0. The van der Waals surface area contributed by atoms with Gasteiger partial charge in [0, 0.05) is 19.6 Å². The number of ether oxygens (including phenoxy) is 1. The second-order valence-corrected chi connectivity index (χ2v) is 7.24. The number of benzene rings is 2. The summed E-state index contributed by atoms with van der Waals surface area (Å²) >= 11 is 5.92. The lowest BCUT2D eigenvalue weighted by molar-refractivity contribution is 0.0378. The number of hydrogen-bond donors (Lipinski definition) is 1. The van der Waals surface area contributed by atoms with Gasteiger partial charge in [-0.15, -0.1) is 0 Å². The second-order valence-electron chi connectivity index (χ2n) is 6.83. The minimum atomic E-state index is -1.02. The van der Waals surface area contributed by atoms with Gasteiger partial charge in [-0.05, 0) is 43.3 Å². The Labute approximate surface area is 171 Å². The Morgan fingerprint density at radius 2 is 1.83 bits per heavy atom. The third-order valence-corrected chi connectivity index (χ3v) is 5.21. The van der Waals surface area contributed by atoms with Crippen LogP contribution in [0.4, 0.5) is 19.1 Å². The van der Waals surface area contributed by atoms with Gasteiger partial charge >= 0.3 is 0 Å². The van der Waals surface area contributed by atoms with Crippen LogP contribution in [0.1, 0.15) is 6.42 Å². The monoisotopic (exact) mass is 424 g/mol. The molecule has 0 aliphatic carbocycles. The third kappa shape index (κ3) is 4.19. The number of fused-ring (bicyclic) bond motifs is 1. The Hall–Kier alpha value is -2.29. The molecule has 2 aromatic carbocycles. The zero-order chi connectivity index (χ0) is 20.4. The van der Waals surface area contributed by atoms with Crippen molar-refractivity contribution in [2.24, 2.45) is 0 Å². The van der Waals surface area contributed by atoms with E-state index in [0.717, 1.165) is 45.3 Å². The number of rotatable bonds is 6. The number of halogens is 4. The Balaban J connectivity index is 1.61. The summed E-state index contributed by atoms with van der Waals surface area (Å²) in [5, 5.41) is 3.12. The molecule has 0 unspecified atom stereocenters. The number of aromatic nitrogens is 2. The lowest BCUT2D eigenvalue weighted by atomic mass is 10.2. The van der Waals surface area contributed by atoms with Crippen molar-refractivity contribution in [2.45, 2.75) is 6.42 Å². The first-order valence-electron chi connectivity index (χ1n) is 9.40. The predicted octanol–water partition coefficient (Wildman–Crippen LogP) is 4.23. The molecule has 5 nitrogen and oxygen atoms in total. The van der Waals surface area contributed by atoms with Crippen LogP contribution in [0.3, 0.4) is 0 Å². The summed E-state index contributed by atoms with van der Waals surface area (Å²) in [5.41, 5.74) is 0.768. The highest BCUT2D eigenvalue weighted by molar-refractivity contribution is 6.30. The topological polar surface area (TPSA) is 42.3 Å². The van der Waals surface area contributed by atoms with Gasteiger partial charge in [0.1, 0.15) is 11.3 Å². The van der Waals surface area contributed by atoms with Gasteiger partial charge in [-0.3, -0.25) is 9.47 Å². The average Bonchev–Trinajstić information content (AvgIpc) is 3.10. The van der Waals surface area contributed by atoms with Crippen LogP contribution in [0.5, 0.6) is 0 Å². The summed E-state index contributed by atoms with van der Waals surface area (Å²) in [4.78, 5) is 6.56. The maximum Gasteiger partial charge on any atom is 0.208 e. The van der Waals surface area contributed by atoms with E-state index in [1.54, 1.807) is 4.57 Å². The van der Waals surface area contributed by atoms with Crippen molar-refractivity contribution >= 4 is 28.6 Å². The first kappa shape index (κ1) is 20.0. The van der Waals surface area contributed by atoms with Gasteiger partial charge < -0.3 is 10.1 Å². The molecule has 154 valence electrons. The van der Waals surface area contributed by atoms with E-state index in [-0.39, 0.29) is 10.5 Å². The summed E-state index contributed by atoms with van der Waals surface area (Å²) in [6.07, 6.45) is 0.838. The summed E-state index contributed by atoms with van der Waals surface area (Å²) in [5.74, 6) is -2.21. The molecule has 0 radical (unpaired) electrons. The first-order valence-corrected chi connectivity index (χ1v) is 9.78. The van der Waals surface area contributed by atoms with E-state index in [0.29, 0.717) is 23.7 Å². The number of hydrogen-bond acceptors (Lipinski definition) is 4. The summed E-state index contributed by atoms with van der Waals surface area (Å²) in [6, 6.07) is 6.66. The van der Waals surface area contributed by atoms with Crippen molar-refractivity contribution < 1.29 is 17.9 Å². The molecule has 0 spiro atoms. The quantitative estimate of drug-likeness (QED) is 0.601. The SMILES string of the molecule is Fc1ccc(-n2c(NCCCN3CCOCC3)nc3c(F)c(F)ccc32)cc1Cl. The molecule has 1 fully saturated rings. The lowest BCUT2D eigenvalue weighted by Gasteiger charge is -2.26. The van der Waals surface area contributed by atoms with Gasteiger partial charge in [-0.2, -0.15) is 0 Å². The molecule has 0 bridgehead atoms. The van der Waals surface area contributed by atoms with Crippen molar-refractivity contribution in [3.8, 4) is 5.69 Å². The third-order valence-electron chi connectivity index (χ3n) is 4.92. The Morgan fingerprint density at radius 1 is 1.07 bits per heavy atom. The number of nitrogens with one attached hydrogen (secondary N) is 1. The van der Waals surface area contributed by atoms with E-state index in [1.807, 2.05) is 0 Å². The van der Waals surface area contributed by atoms with Crippen molar-refractivity contribution in [1.82, 2.24) is 14.5 Å². The van der Waals surface area contributed by atoms with E-state index in [4.69, 9.17) is 16.3 Å². The highest BCUT2D eigenvalue weighted by Gasteiger charge is 2.19. The molecule has 3 aromatic rings. The minimum Gasteiger partial charge on any atom is -0.379 e. The number of morpholine rings is 1. The zero-order valence-electron chi connectivity index (χ0n) is 15.6. The molecule has 1 aliphatic heterocycles. The van der Waals surface area contributed by atoms with Crippen LogP contribution < -0.4 is 5.32 Å². The number of anilines is 1. The molecule has 9 heteroatoms. The standard InChI is InChI=1S/C20H20ClF3N4O/c21-14-12-13(2-3-15(14)22)28-17-5-4-16(23)18(24)19(17)26-20(28)25-6-1-7-27-8-10-29-11-9-27/h2-5,12H,1,6-11H2,(H,25,26). The summed E-state index contributed by atoms with van der Waals surface area (Å²) < 4.78 is 48.5. The predicted molar refractivity (Wildman–Crippen MR) is 106 cm³/mol. The molecule has 1 saturated heterocycles. The molecule has 0 amide bonds. The zero-order valence-corrected chi connectivity index (χ0v) is 16.4. The van der Waals surface area contributed by atoms with E-state index in [1.165, 1.54) is 24.3 Å². The van der Waals surface area contributed by atoms with Crippen LogP contribution >= 0.6 is 11.6 Å².